The molecule has 2 aromatic rings. The van der Waals surface area contributed by atoms with Gasteiger partial charge in [-0.3, -0.25) is 0 Å². The van der Waals surface area contributed by atoms with Gasteiger partial charge in [0.2, 0.25) is 5.82 Å². The predicted molar refractivity (Wildman–Crippen MR) is 146 cm³/mol. The molecule has 0 aromatic heterocycles. The molecule has 202 valence electrons. The molecule has 2 aliphatic rings. The summed E-state index contributed by atoms with van der Waals surface area (Å²) < 4.78 is 35.3. The molecule has 37 heavy (non-hydrogen) atoms. The van der Waals surface area contributed by atoms with Crippen molar-refractivity contribution < 1.29 is 18.3 Å². The minimum atomic E-state index is -1.06. The molecule has 2 fully saturated rings. The number of aryl methyl sites for hydroxylation is 1. The zero-order valence-electron chi connectivity index (χ0n) is 22.7. The first-order valence-corrected chi connectivity index (χ1v) is 14.8. The van der Waals surface area contributed by atoms with E-state index >= 15 is 4.39 Å². The number of hydrogen-bond donors (Lipinski definition) is 0. The summed E-state index contributed by atoms with van der Waals surface area (Å²) in [6, 6.07) is 10.2. The van der Waals surface area contributed by atoms with E-state index in [4.69, 9.17) is 4.74 Å². The topological polar surface area (TPSA) is 26.3 Å². The quantitative estimate of drug-likeness (QED) is 0.181. The van der Waals surface area contributed by atoms with Gasteiger partial charge in [0.15, 0.2) is 11.6 Å². The number of rotatable bonds is 10. The first kappa shape index (κ1) is 27.8. The highest BCUT2D eigenvalue weighted by Gasteiger charge is 2.32. The fourth-order valence-corrected chi connectivity index (χ4v) is 6.74. The molecule has 2 aromatic carbocycles. The smallest absolute Gasteiger partial charge is 0.343 e. The molecule has 0 unspecified atom stereocenters. The maximum absolute atomic E-state index is 15.1. The summed E-state index contributed by atoms with van der Waals surface area (Å²) in [5.41, 5.74) is 1.93. The van der Waals surface area contributed by atoms with Gasteiger partial charge in [-0.15, -0.1) is 0 Å². The van der Waals surface area contributed by atoms with Crippen molar-refractivity contribution in [3.05, 3.63) is 64.7 Å². The Morgan fingerprint density at radius 3 is 2.05 bits per heavy atom. The molecule has 0 saturated heterocycles. The zero-order chi connectivity index (χ0) is 26.2. The number of unbranched alkanes of at least 4 members (excludes halogenated alkanes) is 2. The Morgan fingerprint density at radius 1 is 0.784 bits per heavy atom. The summed E-state index contributed by atoms with van der Waals surface area (Å²) in [6.07, 6.45) is 16.5. The van der Waals surface area contributed by atoms with E-state index in [1.54, 1.807) is 18.2 Å². The van der Waals surface area contributed by atoms with Crippen molar-refractivity contribution in [2.24, 2.45) is 17.8 Å². The minimum absolute atomic E-state index is 0.0344. The lowest BCUT2D eigenvalue weighted by atomic mass is 9.68. The van der Waals surface area contributed by atoms with Gasteiger partial charge in [0.05, 0.1) is 5.56 Å². The second-order valence-electron chi connectivity index (χ2n) is 11.5. The van der Waals surface area contributed by atoms with Crippen molar-refractivity contribution in [1.29, 1.82) is 0 Å². The summed E-state index contributed by atoms with van der Waals surface area (Å²) in [4.78, 5) is 12.6. The van der Waals surface area contributed by atoms with Crippen molar-refractivity contribution in [3.63, 3.8) is 0 Å². The Balaban J connectivity index is 1.31. The third-order valence-electron chi connectivity index (χ3n) is 9.00. The first-order valence-electron chi connectivity index (χ1n) is 14.8. The Bertz CT molecular complexity index is 1000. The third kappa shape index (κ3) is 7.21. The third-order valence-corrected chi connectivity index (χ3v) is 9.00. The highest BCUT2D eigenvalue weighted by atomic mass is 19.2. The average molecular weight is 511 g/mol. The fraction of sp³-hybridized carbons (Fsp3) is 0.606. The largest absolute Gasteiger partial charge is 0.420 e. The molecule has 0 radical (unpaired) electrons. The zero-order valence-corrected chi connectivity index (χ0v) is 22.7. The number of halogens is 2. The molecule has 2 nitrogen and oxygen atoms in total. The molecule has 0 amide bonds. The summed E-state index contributed by atoms with van der Waals surface area (Å²) in [6.45, 7) is 4.44. The lowest BCUT2D eigenvalue weighted by Gasteiger charge is -2.38. The second kappa shape index (κ2) is 13.5. The van der Waals surface area contributed by atoms with Crippen molar-refractivity contribution >= 4 is 5.97 Å². The Morgan fingerprint density at radius 2 is 1.43 bits per heavy atom. The molecule has 4 rings (SSSR count). The molecular weight excluding hydrogens is 466 g/mol. The molecule has 0 aliphatic heterocycles. The number of carbonyl (C=O) groups excluding carboxylic acids is 1. The highest BCUT2D eigenvalue weighted by molar-refractivity contribution is 5.91. The lowest BCUT2D eigenvalue weighted by molar-refractivity contribution is 0.0726. The molecule has 2 saturated carbocycles. The molecule has 0 bridgehead atoms. The maximum Gasteiger partial charge on any atom is 0.343 e. The van der Waals surface area contributed by atoms with Crippen LogP contribution in [0.3, 0.4) is 0 Å². The summed E-state index contributed by atoms with van der Waals surface area (Å²) in [5.74, 6) is -0.438. The van der Waals surface area contributed by atoms with E-state index in [-0.39, 0.29) is 11.7 Å². The van der Waals surface area contributed by atoms with Gasteiger partial charge in [0.1, 0.15) is 0 Å². The van der Waals surface area contributed by atoms with Crippen LogP contribution in [0.15, 0.2) is 36.4 Å². The monoisotopic (exact) mass is 510 g/mol. The van der Waals surface area contributed by atoms with Crippen LogP contribution in [-0.2, 0) is 6.42 Å². The molecule has 0 heterocycles. The van der Waals surface area contributed by atoms with Crippen LogP contribution in [0.2, 0.25) is 0 Å². The van der Waals surface area contributed by atoms with Gasteiger partial charge in [-0.25, -0.2) is 9.18 Å². The van der Waals surface area contributed by atoms with Crippen molar-refractivity contribution in [2.45, 2.75) is 110 Å². The van der Waals surface area contributed by atoms with Crippen LogP contribution in [0.4, 0.5) is 8.78 Å². The average Bonchev–Trinajstić information content (AvgIpc) is 2.93. The van der Waals surface area contributed by atoms with Gasteiger partial charge >= 0.3 is 5.97 Å². The van der Waals surface area contributed by atoms with E-state index in [9.17, 15) is 9.18 Å². The van der Waals surface area contributed by atoms with Gasteiger partial charge in [0, 0.05) is 0 Å². The van der Waals surface area contributed by atoms with Gasteiger partial charge in [-0.05, 0) is 104 Å². The standard InChI is InChI=1S/C33H44F2O2/c1-3-5-6-8-24-11-15-28(16-12-24)33(36)37-30-22-21-29(31(34)32(30)35)27-19-17-26(18-20-27)25-13-9-23(7-4-2)10-14-25/h11-12,15-16,21-23,25-27H,3-10,13-14,17-20H2,1-2H3. The molecule has 4 heteroatoms. The lowest BCUT2D eigenvalue weighted by Crippen LogP contribution is -2.25. The summed E-state index contributed by atoms with van der Waals surface area (Å²) >= 11 is 0. The SMILES string of the molecule is CCCCCc1ccc(C(=O)Oc2ccc(C3CCC(C4CCC(CCC)CC4)CC3)c(F)c2F)cc1. The number of carbonyl (C=O) groups is 1. The molecule has 0 atom stereocenters. The number of esters is 1. The van der Waals surface area contributed by atoms with Gasteiger partial charge in [0.25, 0.3) is 0 Å². The molecule has 2 aliphatic carbocycles. The van der Waals surface area contributed by atoms with E-state index < -0.39 is 17.6 Å². The van der Waals surface area contributed by atoms with E-state index in [2.05, 4.69) is 13.8 Å². The summed E-state index contributed by atoms with van der Waals surface area (Å²) in [7, 11) is 0. The molecule has 0 N–H and O–H groups in total. The van der Waals surface area contributed by atoms with Crippen LogP contribution in [-0.4, -0.2) is 5.97 Å². The van der Waals surface area contributed by atoms with Gasteiger partial charge in [-0.1, -0.05) is 70.6 Å². The Hall–Kier alpha value is -2.23. The second-order valence-corrected chi connectivity index (χ2v) is 11.5. The number of ether oxygens (including phenoxy) is 1. The van der Waals surface area contributed by atoms with E-state index in [1.165, 1.54) is 51.0 Å². The van der Waals surface area contributed by atoms with Gasteiger partial charge < -0.3 is 4.74 Å². The first-order chi connectivity index (χ1) is 18.0. The Labute approximate surface area is 222 Å². The summed E-state index contributed by atoms with van der Waals surface area (Å²) in [5, 5.41) is 0. The number of hydrogen-bond acceptors (Lipinski definition) is 2. The van der Waals surface area contributed by atoms with Crippen molar-refractivity contribution in [2.75, 3.05) is 0 Å². The van der Waals surface area contributed by atoms with Crippen LogP contribution < -0.4 is 4.74 Å². The maximum atomic E-state index is 15.1. The number of benzene rings is 2. The van der Waals surface area contributed by atoms with Crippen LogP contribution in [0, 0.1) is 29.4 Å². The van der Waals surface area contributed by atoms with E-state index in [0.29, 0.717) is 11.1 Å². The van der Waals surface area contributed by atoms with Crippen molar-refractivity contribution in [3.8, 4) is 5.75 Å². The highest BCUT2D eigenvalue weighted by Crippen LogP contribution is 2.45. The molecular formula is C33H44F2O2. The predicted octanol–water partition coefficient (Wildman–Crippen LogP) is 9.80. The van der Waals surface area contributed by atoms with E-state index in [1.807, 2.05) is 12.1 Å². The fourth-order valence-electron chi connectivity index (χ4n) is 6.74. The van der Waals surface area contributed by atoms with Crippen LogP contribution in [0.5, 0.6) is 5.75 Å². The minimum Gasteiger partial charge on any atom is -0.420 e. The van der Waals surface area contributed by atoms with Crippen LogP contribution >= 0.6 is 0 Å². The van der Waals surface area contributed by atoms with Gasteiger partial charge in [-0.2, -0.15) is 4.39 Å². The van der Waals surface area contributed by atoms with Crippen LogP contribution in [0.1, 0.15) is 125 Å². The van der Waals surface area contributed by atoms with E-state index in [0.717, 1.165) is 68.3 Å². The Kier molecular flexibility index (Phi) is 10.2. The van der Waals surface area contributed by atoms with Crippen LogP contribution in [0.25, 0.3) is 0 Å². The molecule has 0 spiro atoms. The van der Waals surface area contributed by atoms with Crippen molar-refractivity contribution in [1.82, 2.24) is 0 Å². The normalized spacial score (nSPS) is 24.1.